The highest BCUT2D eigenvalue weighted by molar-refractivity contribution is 9.10. The maximum atomic E-state index is 5.79. The van der Waals surface area contributed by atoms with E-state index in [1.54, 1.807) is 6.08 Å². The molecule has 1 aromatic carbocycles. The Kier molecular flexibility index (Phi) is 3.06. The summed E-state index contributed by atoms with van der Waals surface area (Å²) >= 11 is 3.42. The molecule has 0 bridgehead atoms. The summed E-state index contributed by atoms with van der Waals surface area (Å²) in [7, 11) is 0. The molecule has 1 nitrogen and oxygen atoms in total. The Bertz CT molecular complexity index is 274. The zero-order valence-electron chi connectivity index (χ0n) is 7.05. The van der Waals surface area contributed by atoms with Crippen LogP contribution in [0.3, 0.4) is 0 Å². The number of hydrogen-bond donors (Lipinski definition) is 1. The molecule has 0 aliphatic rings. The van der Waals surface area contributed by atoms with E-state index >= 15 is 0 Å². The van der Waals surface area contributed by atoms with Crippen molar-refractivity contribution >= 4 is 15.9 Å². The summed E-state index contributed by atoms with van der Waals surface area (Å²) in [6.45, 7) is 5.70. The lowest BCUT2D eigenvalue weighted by atomic mass is 10.1. The summed E-state index contributed by atoms with van der Waals surface area (Å²) in [5.74, 6) is 0. The van der Waals surface area contributed by atoms with Crippen molar-refractivity contribution in [2.24, 2.45) is 5.73 Å². The van der Waals surface area contributed by atoms with Crippen LogP contribution < -0.4 is 5.73 Å². The van der Waals surface area contributed by atoms with Gasteiger partial charge in [-0.2, -0.15) is 0 Å². The normalized spacial score (nSPS) is 12.6. The molecule has 0 saturated carbocycles. The van der Waals surface area contributed by atoms with E-state index in [4.69, 9.17) is 5.73 Å². The minimum Gasteiger partial charge on any atom is -0.321 e. The third-order valence-corrected chi connectivity index (χ3v) is 2.16. The number of rotatable bonds is 2. The van der Waals surface area contributed by atoms with Gasteiger partial charge in [0, 0.05) is 10.5 Å². The summed E-state index contributed by atoms with van der Waals surface area (Å²) in [4.78, 5) is 0. The molecular weight excluding hydrogens is 214 g/mol. The number of halogens is 1. The van der Waals surface area contributed by atoms with Gasteiger partial charge in [0.25, 0.3) is 0 Å². The minimum atomic E-state index is -0.0683. The first-order chi connectivity index (χ1) is 5.63. The molecule has 0 heterocycles. The van der Waals surface area contributed by atoms with Crippen molar-refractivity contribution in [1.82, 2.24) is 0 Å². The fourth-order valence-corrected chi connectivity index (χ4v) is 1.72. The highest BCUT2D eigenvalue weighted by Crippen LogP contribution is 2.19. The van der Waals surface area contributed by atoms with Crippen LogP contribution in [-0.4, -0.2) is 0 Å². The zero-order valence-corrected chi connectivity index (χ0v) is 8.64. The van der Waals surface area contributed by atoms with Crippen LogP contribution in [-0.2, 0) is 0 Å². The van der Waals surface area contributed by atoms with Crippen LogP contribution in [0.4, 0.5) is 0 Å². The van der Waals surface area contributed by atoms with E-state index in [1.165, 1.54) is 5.56 Å². The van der Waals surface area contributed by atoms with Crippen molar-refractivity contribution in [3.8, 4) is 0 Å². The van der Waals surface area contributed by atoms with E-state index in [1.807, 2.05) is 13.0 Å². The largest absolute Gasteiger partial charge is 0.321 e. The predicted octanol–water partition coefficient (Wildman–Crippen LogP) is 2.94. The fraction of sp³-hybridized carbons (Fsp3) is 0.200. The highest BCUT2D eigenvalue weighted by atomic mass is 79.9. The first-order valence-corrected chi connectivity index (χ1v) is 4.58. The Morgan fingerprint density at radius 2 is 2.17 bits per heavy atom. The Balaban J connectivity index is 3.08. The van der Waals surface area contributed by atoms with Gasteiger partial charge in [0.1, 0.15) is 0 Å². The van der Waals surface area contributed by atoms with Crippen LogP contribution in [0.5, 0.6) is 0 Å². The van der Waals surface area contributed by atoms with Gasteiger partial charge in [-0.25, -0.2) is 0 Å². The smallest absolute Gasteiger partial charge is 0.0479 e. The monoisotopic (exact) mass is 225 g/mol. The summed E-state index contributed by atoms with van der Waals surface area (Å²) in [6, 6.07) is 6.07. The lowest BCUT2D eigenvalue weighted by Crippen LogP contribution is -2.06. The van der Waals surface area contributed by atoms with Gasteiger partial charge in [-0.3, -0.25) is 0 Å². The topological polar surface area (TPSA) is 26.0 Å². The van der Waals surface area contributed by atoms with Crippen molar-refractivity contribution in [2.75, 3.05) is 0 Å². The van der Waals surface area contributed by atoms with Crippen LogP contribution in [0.25, 0.3) is 0 Å². The second-order valence-corrected chi connectivity index (χ2v) is 3.74. The molecule has 0 saturated heterocycles. The van der Waals surface area contributed by atoms with Crippen LogP contribution in [0, 0.1) is 6.92 Å². The minimum absolute atomic E-state index is 0.0683. The lowest BCUT2D eigenvalue weighted by molar-refractivity contribution is 0.911. The molecule has 2 N–H and O–H groups in total. The van der Waals surface area contributed by atoms with Gasteiger partial charge in [0.05, 0.1) is 0 Å². The van der Waals surface area contributed by atoms with Gasteiger partial charge in [-0.15, -0.1) is 6.58 Å². The maximum Gasteiger partial charge on any atom is 0.0479 e. The molecule has 0 aliphatic heterocycles. The van der Waals surface area contributed by atoms with Gasteiger partial charge in [-0.05, 0) is 30.2 Å². The van der Waals surface area contributed by atoms with Crippen LogP contribution in [0.2, 0.25) is 0 Å². The molecule has 0 aliphatic carbocycles. The quantitative estimate of drug-likeness (QED) is 0.771. The molecule has 0 fully saturated rings. The average Bonchev–Trinajstić information content (AvgIpc) is 2.01. The van der Waals surface area contributed by atoms with Crippen molar-refractivity contribution in [1.29, 1.82) is 0 Å². The predicted molar refractivity (Wildman–Crippen MR) is 56.0 cm³/mol. The first kappa shape index (κ1) is 9.49. The highest BCUT2D eigenvalue weighted by Gasteiger charge is 2.01. The van der Waals surface area contributed by atoms with Gasteiger partial charge < -0.3 is 5.73 Å². The second-order valence-electron chi connectivity index (χ2n) is 2.82. The molecule has 12 heavy (non-hydrogen) atoms. The van der Waals surface area contributed by atoms with E-state index in [9.17, 15) is 0 Å². The number of aryl methyl sites for hydroxylation is 1. The maximum absolute atomic E-state index is 5.79. The molecule has 1 rings (SSSR count). The molecule has 0 amide bonds. The van der Waals surface area contributed by atoms with Crippen molar-refractivity contribution in [3.05, 3.63) is 46.5 Å². The van der Waals surface area contributed by atoms with E-state index in [0.717, 1.165) is 10.0 Å². The number of nitrogens with two attached hydrogens (primary N) is 1. The summed E-state index contributed by atoms with van der Waals surface area (Å²) in [5, 5.41) is 0. The van der Waals surface area contributed by atoms with Crippen molar-refractivity contribution < 1.29 is 0 Å². The fourth-order valence-electron chi connectivity index (χ4n) is 1.09. The van der Waals surface area contributed by atoms with Gasteiger partial charge in [0.15, 0.2) is 0 Å². The molecule has 1 atom stereocenters. The SMILES string of the molecule is C=C[C@H](N)c1cc(C)cc(Br)c1. The zero-order chi connectivity index (χ0) is 9.14. The second kappa shape index (κ2) is 3.87. The standard InChI is InChI=1S/C10H12BrN/c1-3-10(12)8-4-7(2)5-9(11)6-8/h3-6,10H,1,12H2,2H3/t10-/m0/s1. The molecule has 0 spiro atoms. The number of hydrogen-bond acceptors (Lipinski definition) is 1. The Labute approximate surface area is 81.4 Å². The molecule has 2 heteroatoms. The van der Waals surface area contributed by atoms with Gasteiger partial charge >= 0.3 is 0 Å². The third kappa shape index (κ3) is 2.19. The first-order valence-electron chi connectivity index (χ1n) is 3.78. The Hall–Kier alpha value is -0.600. The molecule has 0 radical (unpaired) electrons. The lowest BCUT2D eigenvalue weighted by Gasteiger charge is -2.07. The Morgan fingerprint density at radius 3 is 2.67 bits per heavy atom. The molecular formula is C10H12BrN. The van der Waals surface area contributed by atoms with E-state index < -0.39 is 0 Å². The van der Waals surface area contributed by atoms with Gasteiger partial charge in [0.2, 0.25) is 0 Å². The Morgan fingerprint density at radius 1 is 1.50 bits per heavy atom. The van der Waals surface area contributed by atoms with E-state index in [-0.39, 0.29) is 6.04 Å². The number of benzene rings is 1. The van der Waals surface area contributed by atoms with Crippen LogP contribution in [0.1, 0.15) is 17.2 Å². The van der Waals surface area contributed by atoms with Crippen LogP contribution in [0.15, 0.2) is 35.3 Å². The van der Waals surface area contributed by atoms with Crippen molar-refractivity contribution in [2.45, 2.75) is 13.0 Å². The van der Waals surface area contributed by atoms with Crippen molar-refractivity contribution in [3.63, 3.8) is 0 Å². The van der Waals surface area contributed by atoms with Gasteiger partial charge in [-0.1, -0.05) is 28.1 Å². The third-order valence-electron chi connectivity index (χ3n) is 1.70. The van der Waals surface area contributed by atoms with Crippen LogP contribution >= 0.6 is 15.9 Å². The molecule has 0 unspecified atom stereocenters. The average molecular weight is 226 g/mol. The summed E-state index contributed by atoms with van der Waals surface area (Å²) in [5.41, 5.74) is 8.09. The summed E-state index contributed by atoms with van der Waals surface area (Å²) < 4.78 is 1.06. The molecule has 64 valence electrons. The summed E-state index contributed by atoms with van der Waals surface area (Å²) in [6.07, 6.45) is 1.74. The molecule has 1 aromatic rings. The molecule has 0 aromatic heterocycles. The van der Waals surface area contributed by atoms with E-state index in [0.29, 0.717) is 0 Å². The van der Waals surface area contributed by atoms with E-state index in [2.05, 4.69) is 34.6 Å².